The van der Waals surface area contributed by atoms with Gasteiger partial charge in [0.2, 0.25) is 5.82 Å². The maximum Gasteiger partial charge on any atom is 0.306 e. The lowest BCUT2D eigenvalue weighted by Gasteiger charge is -2.43. The van der Waals surface area contributed by atoms with E-state index in [1.807, 2.05) is 30.5 Å². The van der Waals surface area contributed by atoms with Crippen LogP contribution >= 0.6 is 11.6 Å². The number of halogens is 1. The Morgan fingerprint density at radius 2 is 2.08 bits per heavy atom. The SMILES string of the molecule is O=C(O)C1CC(N2CCc3nc(C#Cc4ccccc4Cl)ncc3C2)C1. The molecule has 1 aromatic heterocycles. The molecule has 2 aromatic rings. The number of carboxylic acids is 1. The normalized spacial score (nSPS) is 21.9. The predicted octanol–water partition coefficient (Wildman–Crippen LogP) is 2.75. The van der Waals surface area contributed by atoms with Crippen molar-refractivity contribution in [3.63, 3.8) is 0 Å². The molecule has 1 saturated carbocycles. The van der Waals surface area contributed by atoms with Crippen molar-refractivity contribution in [2.45, 2.75) is 31.8 Å². The fourth-order valence-corrected chi connectivity index (χ4v) is 3.67. The van der Waals surface area contributed by atoms with Crippen LogP contribution in [0.15, 0.2) is 30.5 Å². The van der Waals surface area contributed by atoms with Gasteiger partial charge in [0.05, 0.1) is 16.6 Å². The number of hydrogen-bond donors (Lipinski definition) is 1. The minimum Gasteiger partial charge on any atom is -0.481 e. The van der Waals surface area contributed by atoms with Crippen LogP contribution in [0.2, 0.25) is 5.02 Å². The fourth-order valence-electron chi connectivity index (χ4n) is 3.48. The molecule has 4 rings (SSSR count). The maximum absolute atomic E-state index is 11.0. The third-order valence-electron chi connectivity index (χ3n) is 5.13. The summed E-state index contributed by atoms with van der Waals surface area (Å²) in [5, 5.41) is 9.65. The summed E-state index contributed by atoms with van der Waals surface area (Å²) >= 11 is 6.11. The second-order valence-electron chi connectivity index (χ2n) is 6.78. The molecule has 1 N–H and O–H groups in total. The van der Waals surface area contributed by atoms with Crippen molar-refractivity contribution in [3.8, 4) is 11.8 Å². The average molecular weight is 368 g/mol. The largest absolute Gasteiger partial charge is 0.481 e. The number of hydrogen-bond acceptors (Lipinski definition) is 4. The van der Waals surface area contributed by atoms with Crippen LogP contribution in [0.25, 0.3) is 0 Å². The number of fused-ring (bicyclic) bond motifs is 1. The summed E-state index contributed by atoms with van der Waals surface area (Å²) in [4.78, 5) is 22.3. The molecule has 0 atom stereocenters. The van der Waals surface area contributed by atoms with Crippen molar-refractivity contribution < 1.29 is 9.90 Å². The molecule has 5 nitrogen and oxygen atoms in total. The number of rotatable bonds is 2. The summed E-state index contributed by atoms with van der Waals surface area (Å²) in [6.07, 6.45) is 4.17. The van der Waals surface area contributed by atoms with Gasteiger partial charge in [0.15, 0.2) is 0 Å². The molecule has 0 spiro atoms. The first-order valence-electron chi connectivity index (χ1n) is 8.68. The first-order chi connectivity index (χ1) is 12.6. The maximum atomic E-state index is 11.0. The van der Waals surface area contributed by atoms with Gasteiger partial charge in [0.1, 0.15) is 0 Å². The van der Waals surface area contributed by atoms with E-state index in [2.05, 4.69) is 26.7 Å². The summed E-state index contributed by atoms with van der Waals surface area (Å²) in [5.74, 6) is 5.66. The number of aliphatic carboxylic acids is 1. The minimum atomic E-state index is -0.677. The van der Waals surface area contributed by atoms with E-state index in [1.54, 1.807) is 0 Å². The molecular weight excluding hydrogens is 350 g/mol. The highest BCUT2D eigenvalue weighted by Gasteiger charge is 2.38. The van der Waals surface area contributed by atoms with Gasteiger partial charge in [-0.2, -0.15) is 0 Å². The highest BCUT2D eigenvalue weighted by molar-refractivity contribution is 6.31. The van der Waals surface area contributed by atoms with Crippen LogP contribution in [0.3, 0.4) is 0 Å². The number of carboxylic acid groups (broad SMARTS) is 1. The molecule has 0 saturated heterocycles. The molecule has 1 aliphatic carbocycles. The molecule has 0 amide bonds. The van der Waals surface area contributed by atoms with Crippen molar-refractivity contribution >= 4 is 17.6 Å². The lowest BCUT2D eigenvalue weighted by Crippen LogP contribution is -2.48. The molecule has 26 heavy (non-hydrogen) atoms. The Kier molecular flexibility index (Phi) is 4.62. The quantitative estimate of drug-likeness (QED) is 0.827. The molecule has 1 aromatic carbocycles. The highest BCUT2D eigenvalue weighted by atomic mass is 35.5. The Bertz CT molecular complexity index is 913. The first-order valence-corrected chi connectivity index (χ1v) is 9.06. The van der Waals surface area contributed by atoms with Crippen LogP contribution in [0.1, 0.15) is 35.5 Å². The zero-order valence-electron chi connectivity index (χ0n) is 14.2. The van der Waals surface area contributed by atoms with E-state index in [0.29, 0.717) is 16.9 Å². The lowest BCUT2D eigenvalue weighted by atomic mass is 9.78. The lowest BCUT2D eigenvalue weighted by molar-refractivity contribution is -0.147. The molecule has 0 unspecified atom stereocenters. The van der Waals surface area contributed by atoms with Gasteiger partial charge in [0.25, 0.3) is 0 Å². The van der Waals surface area contributed by atoms with Crippen LogP contribution in [-0.4, -0.2) is 38.5 Å². The van der Waals surface area contributed by atoms with Gasteiger partial charge in [-0.05, 0) is 30.9 Å². The molecule has 0 radical (unpaired) electrons. The van der Waals surface area contributed by atoms with Gasteiger partial charge in [-0.15, -0.1) is 0 Å². The van der Waals surface area contributed by atoms with E-state index in [4.69, 9.17) is 16.7 Å². The van der Waals surface area contributed by atoms with Crippen molar-refractivity contribution in [2.75, 3.05) is 6.54 Å². The molecule has 1 aliphatic heterocycles. The third-order valence-corrected chi connectivity index (χ3v) is 5.45. The second-order valence-corrected chi connectivity index (χ2v) is 7.18. The number of carbonyl (C=O) groups is 1. The smallest absolute Gasteiger partial charge is 0.306 e. The van der Waals surface area contributed by atoms with E-state index in [9.17, 15) is 4.79 Å². The van der Waals surface area contributed by atoms with Crippen molar-refractivity contribution in [2.24, 2.45) is 5.92 Å². The molecule has 1 fully saturated rings. The fraction of sp³-hybridized carbons (Fsp3) is 0.350. The van der Waals surface area contributed by atoms with Gasteiger partial charge in [-0.25, -0.2) is 9.97 Å². The van der Waals surface area contributed by atoms with Crippen molar-refractivity contribution in [3.05, 3.63) is 58.1 Å². The van der Waals surface area contributed by atoms with E-state index in [0.717, 1.165) is 49.2 Å². The molecule has 2 aliphatic rings. The molecule has 0 bridgehead atoms. The van der Waals surface area contributed by atoms with Gasteiger partial charge >= 0.3 is 5.97 Å². The molecule has 6 heteroatoms. The summed E-state index contributed by atoms with van der Waals surface area (Å²) in [7, 11) is 0. The number of benzene rings is 1. The van der Waals surface area contributed by atoms with Gasteiger partial charge in [-0.3, -0.25) is 9.69 Å². The minimum absolute atomic E-state index is 0.180. The number of aromatic nitrogens is 2. The van der Waals surface area contributed by atoms with Crippen molar-refractivity contribution in [1.82, 2.24) is 14.9 Å². The summed E-state index contributed by atoms with van der Waals surface area (Å²) in [5.41, 5.74) is 2.91. The highest BCUT2D eigenvalue weighted by Crippen LogP contribution is 2.34. The summed E-state index contributed by atoms with van der Waals surface area (Å²) in [6.45, 7) is 1.68. The van der Waals surface area contributed by atoms with E-state index < -0.39 is 5.97 Å². The van der Waals surface area contributed by atoms with Crippen LogP contribution in [-0.2, 0) is 17.8 Å². The third kappa shape index (κ3) is 3.44. The Morgan fingerprint density at radius 1 is 1.27 bits per heavy atom. The zero-order valence-corrected chi connectivity index (χ0v) is 14.9. The van der Waals surface area contributed by atoms with Crippen molar-refractivity contribution in [1.29, 1.82) is 0 Å². The van der Waals surface area contributed by atoms with Gasteiger partial charge in [-0.1, -0.05) is 29.7 Å². The number of nitrogens with zero attached hydrogens (tertiary/aromatic N) is 3. The molecular formula is C20H18ClN3O2. The van der Waals surface area contributed by atoms with E-state index in [-0.39, 0.29) is 5.92 Å². The Labute approximate surface area is 157 Å². The second kappa shape index (κ2) is 7.06. The van der Waals surface area contributed by atoms with Crippen LogP contribution < -0.4 is 0 Å². The van der Waals surface area contributed by atoms with Crippen LogP contribution in [0, 0.1) is 17.8 Å². The summed E-state index contributed by atoms with van der Waals surface area (Å²) < 4.78 is 0. The zero-order chi connectivity index (χ0) is 18.1. The van der Waals surface area contributed by atoms with Crippen LogP contribution in [0.4, 0.5) is 0 Å². The van der Waals surface area contributed by atoms with Gasteiger partial charge < -0.3 is 5.11 Å². The van der Waals surface area contributed by atoms with Gasteiger partial charge in [0, 0.05) is 42.9 Å². The van der Waals surface area contributed by atoms with Crippen LogP contribution in [0.5, 0.6) is 0 Å². The molecule has 2 heterocycles. The predicted molar refractivity (Wildman–Crippen MR) is 97.7 cm³/mol. The Balaban J connectivity index is 1.45. The monoisotopic (exact) mass is 367 g/mol. The Hall–Kier alpha value is -2.42. The van der Waals surface area contributed by atoms with E-state index in [1.165, 1.54) is 0 Å². The topological polar surface area (TPSA) is 66.3 Å². The average Bonchev–Trinajstić information content (AvgIpc) is 2.59. The first kappa shape index (κ1) is 17.0. The summed E-state index contributed by atoms with van der Waals surface area (Å²) in [6, 6.07) is 7.81. The Morgan fingerprint density at radius 3 is 2.85 bits per heavy atom. The molecule has 132 valence electrons. The van der Waals surface area contributed by atoms with E-state index >= 15 is 0 Å². The standard InChI is InChI=1S/C20H18ClN3O2/c21-17-4-2-1-3-13(17)5-6-19-22-11-15-12-24(8-7-18(15)23-19)16-9-14(10-16)20(25)26/h1-4,11,14,16H,7-10,12H2,(H,25,26).